The summed E-state index contributed by atoms with van der Waals surface area (Å²) < 4.78 is 10.1. The minimum absolute atomic E-state index is 0.0237. The first kappa shape index (κ1) is 17.1. The van der Waals surface area contributed by atoms with Crippen LogP contribution >= 0.6 is 0 Å². The van der Waals surface area contributed by atoms with E-state index in [-0.39, 0.29) is 29.9 Å². The average Bonchev–Trinajstić information content (AvgIpc) is 2.66. The summed E-state index contributed by atoms with van der Waals surface area (Å²) >= 11 is 0. The number of esters is 1. The number of anilines is 3. The van der Waals surface area contributed by atoms with Gasteiger partial charge in [0.05, 0.1) is 12.7 Å². The Morgan fingerprint density at radius 1 is 1.12 bits per heavy atom. The Bertz CT molecular complexity index is 887. The molecule has 9 nitrogen and oxygen atoms in total. The Morgan fingerprint density at radius 3 is 2.62 bits per heavy atom. The van der Waals surface area contributed by atoms with E-state index in [2.05, 4.69) is 25.3 Å². The summed E-state index contributed by atoms with van der Waals surface area (Å²) in [6, 6.07) is 12.5. The highest BCUT2D eigenvalue weighted by Crippen LogP contribution is 2.13. The molecule has 1 aromatic carbocycles. The van der Waals surface area contributed by atoms with Crippen molar-refractivity contribution in [3.63, 3.8) is 0 Å². The van der Waals surface area contributed by atoms with Gasteiger partial charge >= 0.3 is 5.97 Å². The Hall–Kier alpha value is -3.75. The quantitative estimate of drug-likeness (QED) is 0.640. The lowest BCUT2D eigenvalue weighted by Gasteiger charge is -2.08. The maximum atomic E-state index is 12.1. The lowest BCUT2D eigenvalue weighted by molar-refractivity contribution is 0.0461. The Kier molecular flexibility index (Phi) is 5.18. The van der Waals surface area contributed by atoms with E-state index < -0.39 is 5.97 Å². The zero-order valence-corrected chi connectivity index (χ0v) is 13.9. The van der Waals surface area contributed by atoms with Gasteiger partial charge in [0.2, 0.25) is 17.8 Å². The van der Waals surface area contributed by atoms with Gasteiger partial charge in [-0.3, -0.25) is 0 Å². The van der Waals surface area contributed by atoms with Gasteiger partial charge in [0.25, 0.3) is 0 Å². The van der Waals surface area contributed by atoms with E-state index in [9.17, 15) is 4.79 Å². The third-order valence-corrected chi connectivity index (χ3v) is 3.24. The first-order chi connectivity index (χ1) is 12.6. The van der Waals surface area contributed by atoms with Crippen molar-refractivity contribution in [1.29, 1.82) is 0 Å². The van der Waals surface area contributed by atoms with Crippen LogP contribution < -0.4 is 15.8 Å². The third-order valence-electron chi connectivity index (χ3n) is 3.24. The number of nitrogen functional groups attached to an aromatic ring is 1. The van der Waals surface area contributed by atoms with Gasteiger partial charge in [0.15, 0.2) is 12.4 Å². The number of aromatic nitrogens is 4. The van der Waals surface area contributed by atoms with E-state index in [4.69, 9.17) is 15.2 Å². The number of hydrogen-bond acceptors (Lipinski definition) is 9. The monoisotopic (exact) mass is 352 g/mol. The van der Waals surface area contributed by atoms with Gasteiger partial charge in [-0.25, -0.2) is 9.78 Å². The molecule has 0 aliphatic rings. The highest BCUT2D eigenvalue weighted by atomic mass is 16.5. The minimum atomic E-state index is -0.559. The minimum Gasteiger partial charge on any atom is -0.481 e. The van der Waals surface area contributed by atoms with Crippen LogP contribution in [0.5, 0.6) is 5.88 Å². The van der Waals surface area contributed by atoms with E-state index in [1.54, 1.807) is 12.1 Å². The molecule has 3 rings (SSSR count). The Morgan fingerprint density at radius 2 is 1.92 bits per heavy atom. The van der Waals surface area contributed by atoms with Crippen LogP contribution in [0.15, 0.2) is 48.7 Å². The van der Waals surface area contributed by atoms with E-state index >= 15 is 0 Å². The number of para-hydroxylation sites is 1. The highest BCUT2D eigenvalue weighted by molar-refractivity contribution is 5.89. The number of carbonyl (C=O) groups excluding carboxylic acids is 1. The van der Waals surface area contributed by atoms with Crippen LogP contribution in [0.4, 0.5) is 17.6 Å². The van der Waals surface area contributed by atoms with Crippen molar-refractivity contribution >= 4 is 23.6 Å². The number of benzene rings is 1. The number of nitrogens with zero attached hydrogens (tertiary/aromatic N) is 4. The SMILES string of the molecule is COc1ccc(C(=O)OCc2nc(N)nc(Nc3ccccc3)n2)cn1. The van der Waals surface area contributed by atoms with Gasteiger partial charge < -0.3 is 20.5 Å². The van der Waals surface area contributed by atoms with E-state index in [0.29, 0.717) is 5.88 Å². The molecule has 0 amide bonds. The van der Waals surface area contributed by atoms with Crippen molar-refractivity contribution in [2.75, 3.05) is 18.2 Å². The van der Waals surface area contributed by atoms with Gasteiger partial charge in [-0.15, -0.1) is 0 Å². The number of methoxy groups -OCH3 is 1. The first-order valence-corrected chi connectivity index (χ1v) is 7.64. The second kappa shape index (κ2) is 7.88. The normalized spacial score (nSPS) is 10.2. The Labute approximate surface area is 149 Å². The topological polar surface area (TPSA) is 125 Å². The fourth-order valence-electron chi connectivity index (χ4n) is 2.04. The van der Waals surface area contributed by atoms with Crippen molar-refractivity contribution in [3.8, 4) is 5.88 Å². The summed E-state index contributed by atoms with van der Waals surface area (Å²) in [6.07, 6.45) is 1.37. The fraction of sp³-hybridized carbons (Fsp3) is 0.118. The molecule has 0 fully saturated rings. The molecule has 2 heterocycles. The van der Waals surface area contributed by atoms with E-state index in [1.807, 2.05) is 30.3 Å². The summed E-state index contributed by atoms with van der Waals surface area (Å²) in [5.41, 5.74) is 6.78. The summed E-state index contributed by atoms with van der Waals surface area (Å²) in [4.78, 5) is 28.2. The Balaban J connectivity index is 1.66. The molecule has 0 unspecified atom stereocenters. The number of hydrogen-bond donors (Lipinski definition) is 2. The van der Waals surface area contributed by atoms with Crippen molar-refractivity contribution in [2.45, 2.75) is 6.61 Å². The van der Waals surface area contributed by atoms with Crippen molar-refractivity contribution in [1.82, 2.24) is 19.9 Å². The molecule has 0 aliphatic heterocycles. The number of rotatable bonds is 6. The predicted molar refractivity (Wildman–Crippen MR) is 93.9 cm³/mol. The standard InChI is InChI=1S/C17H16N6O3/c1-25-14-8-7-11(9-19-14)15(24)26-10-13-21-16(18)23-17(22-13)20-12-5-3-2-4-6-12/h2-9H,10H2,1H3,(H3,18,20,21,22,23). The van der Waals surface area contributed by atoms with E-state index in [0.717, 1.165) is 5.69 Å². The van der Waals surface area contributed by atoms with E-state index in [1.165, 1.54) is 13.3 Å². The summed E-state index contributed by atoms with van der Waals surface area (Å²) in [6.45, 7) is -0.152. The van der Waals surface area contributed by atoms with Crippen LogP contribution in [-0.4, -0.2) is 33.0 Å². The summed E-state index contributed by atoms with van der Waals surface area (Å²) in [7, 11) is 1.49. The van der Waals surface area contributed by atoms with Crippen molar-refractivity contribution in [3.05, 3.63) is 60.0 Å². The summed E-state index contributed by atoms with van der Waals surface area (Å²) in [5.74, 6) is 0.363. The second-order valence-corrected chi connectivity index (χ2v) is 5.09. The molecule has 0 saturated carbocycles. The molecular weight excluding hydrogens is 336 g/mol. The maximum absolute atomic E-state index is 12.1. The van der Waals surface area contributed by atoms with Crippen LogP contribution in [0.25, 0.3) is 0 Å². The largest absolute Gasteiger partial charge is 0.481 e. The molecule has 0 aliphatic carbocycles. The molecular formula is C17H16N6O3. The zero-order valence-electron chi connectivity index (χ0n) is 13.9. The van der Waals surface area contributed by atoms with Gasteiger partial charge in [-0.2, -0.15) is 15.0 Å². The third kappa shape index (κ3) is 4.41. The number of nitrogens with one attached hydrogen (secondary N) is 1. The fourth-order valence-corrected chi connectivity index (χ4v) is 2.04. The van der Waals surface area contributed by atoms with Gasteiger partial charge in [-0.1, -0.05) is 18.2 Å². The van der Waals surface area contributed by atoms with Crippen LogP contribution in [0.3, 0.4) is 0 Å². The molecule has 2 aromatic heterocycles. The smallest absolute Gasteiger partial charge is 0.340 e. The number of pyridine rings is 1. The molecule has 0 saturated heterocycles. The number of ether oxygens (including phenoxy) is 2. The van der Waals surface area contributed by atoms with Gasteiger partial charge in [-0.05, 0) is 18.2 Å². The van der Waals surface area contributed by atoms with Gasteiger partial charge in [0.1, 0.15) is 0 Å². The van der Waals surface area contributed by atoms with Gasteiger partial charge in [0, 0.05) is 18.0 Å². The molecule has 0 spiro atoms. The summed E-state index contributed by atoms with van der Waals surface area (Å²) in [5, 5.41) is 3.01. The maximum Gasteiger partial charge on any atom is 0.340 e. The van der Waals surface area contributed by atoms with Crippen molar-refractivity contribution in [2.24, 2.45) is 0 Å². The lowest BCUT2D eigenvalue weighted by atomic mass is 10.3. The highest BCUT2D eigenvalue weighted by Gasteiger charge is 2.11. The molecule has 0 radical (unpaired) electrons. The second-order valence-electron chi connectivity index (χ2n) is 5.09. The van der Waals surface area contributed by atoms with Crippen LogP contribution in [0.2, 0.25) is 0 Å². The van der Waals surface area contributed by atoms with Crippen molar-refractivity contribution < 1.29 is 14.3 Å². The first-order valence-electron chi connectivity index (χ1n) is 7.64. The molecule has 26 heavy (non-hydrogen) atoms. The molecule has 3 N–H and O–H groups in total. The molecule has 0 bridgehead atoms. The van der Waals surface area contributed by atoms with Crippen LogP contribution in [-0.2, 0) is 11.3 Å². The predicted octanol–water partition coefficient (Wildman–Crippen LogP) is 1.96. The molecule has 0 atom stereocenters. The molecule has 3 aromatic rings. The van der Waals surface area contributed by atoms with Crippen LogP contribution in [0, 0.1) is 0 Å². The van der Waals surface area contributed by atoms with Crippen LogP contribution in [0.1, 0.15) is 16.2 Å². The number of carbonyl (C=O) groups is 1. The lowest BCUT2D eigenvalue weighted by Crippen LogP contribution is -2.11. The zero-order chi connectivity index (χ0) is 18.4. The molecule has 132 valence electrons. The average molecular weight is 352 g/mol. The number of nitrogens with two attached hydrogens (primary N) is 1. The molecule has 9 heteroatoms.